The van der Waals surface area contributed by atoms with Crippen LogP contribution in [0.1, 0.15) is 28.9 Å². The minimum absolute atomic E-state index is 0.291. The van der Waals surface area contributed by atoms with E-state index < -0.39 is 12.1 Å². The molecule has 0 spiro atoms. The molecule has 1 heterocycles. The zero-order valence-corrected chi connectivity index (χ0v) is 17.3. The lowest BCUT2D eigenvalue weighted by molar-refractivity contribution is 0.102. The number of methoxy groups -OCH3 is 3. The zero-order chi connectivity index (χ0) is 21.7. The van der Waals surface area contributed by atoms with Crippen LogP contribution in [0.15, 0.2) is 48.2 Å². The van der Waals surface area contributed by atoms with Crippen molar-refractivity contribution in [2.75, 3.05) is 27.9 Å². The molecule has 1 aliphatic rings. The Kier molecular flexibility index (Phi) is 6.46. The van der Waals surface area contributed by atoms with Crippen LogP contribution in [-0.2, 0) is 0 Å². The fourth-order valence-corrected chi connectivity index (χ4v) is 3.24. The maximum Gasteiger partial charge on any atom is 0.319 e. The average Bonchev–Trinajstić information content (AvgIpc) is 2.78. The second-order valence-electron chi connectivity index (χ2n) is 6.40. The summed E-state index contributed by atoms with van der Waals surface area (Å²) in [6.07, 6.45) is 1.42. The molecule has 0 fully saturated rings. The van der Waals surface area contributed by atoms with Crippen molar-refractivity contribution in [2.24, 2.45) is 0 Å². The van der Waals surface area contributed by atoms with Crippen molar-refractivity contribution in [3.8, 4) is 23.0 Å². The molecule has 0 bridgehead atoms. The molecule has 2 aromatic carbocycles. The van der Waals surface area contributed by atoms with Gasteiger partial charge < -0.3 is 29.6 Å². The largest absolute Gasteiger partial charge is 0.494 e. The highest BCUT2D eigenvalue weighted by molar-refractivity contribution is 6.11. The predicted octanol–water partition coefficient (Wildman–Crippen LogP) is 3.23. The summed E-state index contributed by atoms with van der Waals surface area (Å²) in [5.41, 5.74) is 1.46. The third-order valence-electron chi connectivity index (χ3n) is 4.66. The van der Waals surface area contributed by atoms with Crippen LogP contribution in [0.2, 0.25) is 0 Å². The lowest BCUT2D eigenvalue weighted by Gasteiger charge is -2.26. The van der Waals surface area contributed by atoms with Crippen LogP contribution in [0.5, 0.6) is 23.0 Å². The smallest absolute Gasteiger partial charge is 0.319 e. The molecule has 2 aromatic rings. The number of ether oxygens (including phenoxy) is 4. The molecule has 0 aromatic heterocycles. The molecule has 1 atom stereocenters. The van der Waals surface area contributed by atoms with Gasteiger partial charge in [-0.3, -0.25) is 4.79 Å². The summed E-state index contributed by atoms with van der Waals surface area (Å²) in [6.45, 7) is 2.45. The number of benzene rings is 2. The monoisotopic (exact) mass is 412 g/mol. The fourth-order valence-electron chi connectivity index (χ4n) is 3.24. The first-order chi connectivity index (χ1) is 14.5. The van der Waals surface area contributed by atoms with Gasteiger partial charge in [-0.2, -0.15) is 0 Å². The third-order valence-corrected chi connectivity index (χ3v) is 4.66. The topological polar surface area (TPSA) is 95.1 Å². The van der Waals surface area contributed by atoms with Crippen molar-refractivity contribution in [3.05, 3.63) is 59.3 Å². The third kappa shape index (κ3) is 4.17. The van der Waals surface area contributed by atoms with E-state index in [0.717, 1.165) is 5.56 Å². The van der Waals surface area contributed by atoms with Crippen molar-refractivity contribution < 1.29 is 28.5 Å². The lowest BCUT2D eigenvalue weighted by Crippen LogP contribution is -2.42. The molecule has 0 aliphatic carbocycles. The number of amides is 2. The summed E-state index contributed by atoms with van der Waals surface area (Å²) in [7, 11) is 4.46. The summed E-state index contributed by atoms with van der Waals surface area (Å²) >= 11 is 0. The van der Waals surface area contributed by atoms with Crippen molar-refractivity contribution in [1.82, 2.24) is 10.6 Å². The Labute approximate surface area is 174 Å². The van der Waals surface area contributed by atoms with E-state index in [1.807, 2.05) is 19.1 Å². The summed E-state index contributed by atoms with van der Waals surface area (Å²) in [5.74, 6) is 1.55. The van der Waals surface area contributed by atoms with Crippen molar-refractivity contribution in [3.63, 3.8) is 0 Å². The second kappa shape index (κ2) is 9.21. The zero-order valence-electron chi connectivity index (χ0n) is 17.3. The number of nitrogens with one attached hydrogen (secondary N) is 2. The second-order valence-corrected chi connectivity index (χ2v) is 6.40. The molecule has 158 valence electrons. The van der Waals surface area contributed by atoms with Gasteiger partial charge in [0, 0.05) is 17.3 Å². The number of hydrogen-bond donors (Lipinski definition) is 2. The summed E-state index contributed by atoms with van der Waals surface area (Å²) in [5, 5.41) is 5.35. The van der Waals surface area contributed by atoms with E-state index in [4.69, 9.17) is 18.9 Å². The van der Waals surface area contributed by atoms with E-state index in [2.05, 4.69) is 10.6 Å². The van der Waals surface area contributed by atoms with Gasteiger partial charge in [0.25, 0.3) is 0 Å². The maximum absolute atomic E-state index is 13.4. The van der Waals surface area contributed by atoms with E-state index in [-0.39, 0.29) is 5.78 Å². The van der Waals surface area contributed by atoms with Crippen molar-refractivity contribution >= 4 is 11.8 Å². The first kappa shape index (κ1) is 21.0. The Bertz CT molecular complexity index is 943. The van der Waals surface area contributed by atoms with E-state index >= 15 is 0 Å². The summed E-state index contributed by atoms with van der Waals surface area (Å²) < 4.78 is 21.5. The van der Waals surface area contributed by atoms with Crippen LogP contribution in [-0.4, -0.2) is 39.8 Å². The van der Waals surface area contributed by atoms with Crippen LogP contribution >= 0.6 is 0 Å². The molecule has 0 radical (unpaired) electrons. The molecule has 0 saturated carbocycles. The van der Waals surface area contributed by atoms with E-state index in [9.17, 15) is 9.59 Å². The van der Waals surface area contributed by atoms with E-state index in [0.29, 0.717) is 40.7 Å². The highest BCUT2D eigenvalue weighted by atomic mass is 16.5. The molecule has 30 heavy (non-hydrogen) atoms. The molecule has 2 amide bonds. The van der Waals surface area contributed by atoms with E-state index in [1.165, 1.54) is 27.5 Å². The Hall–Kier alpha value is -3.68. The van der Waals surface area contributed by atoms with Crippen LogP contribution in [0.4, 0.5) is 4.79 Å². The van der Waals surface area contributed by atoms with Gasteiger partial charge in [0.1, 0.15) is 5.75 Å². The Morgan fingerprint density at radius 1 is 1.00 bits per heavy atom. The number of carbonyl (C=O) groups is 2. The minimum atomic E-state index is -0.624. The van der Waals surface area contributed by atoms with Crippen molar-refractivity contribution in [2.45, 2.75) is 13.0 Å². The number of ketones is 1. The van der Waals surface area contributed by atoms with Crippen LogP contribution < -0.4 is 29.6 Å². The highest BCUT2D eigenvalue weighted by Gasteiger charge is 2.30. The number of hydrogen-bond acceptors (Lipinski definition) is 6. The van der Waals surface area contributed by atoms with Gasteiger partial charge in [-0.25, -0.2) is 4.79 Å². The standard InChI is InChI=1S/C22H24N2O6/c1-5-30-15-8-6-13(7-9-15)19-16(12-23-22(26)24-19)20(25)14-10-17(27-2)21(29-4)18(11-14)28-3/h6-12,19H,5H2,1-4H3,(H2,23,24,26). The number of carbonyl (C=O) groups excluding carboxylic acids is 2. The van der Waals surface area contributed by atoms with Gasteiger partial charge in [0.2, 0.25) is 5.75 Å². The fraction of sp³-hybridized carbons (Fsp3) is 0.273. The first-order valence-corrected chi connectivity index (χ1v) is 9.36. The highest BCUT2D eigenvalue weighted by Crippen LogP contribution is 2.39. The number of urea groups is 1. The predicted molar refractivity (Wildman–Crippen MR) is 111 cm³/mol. The Balaban J connectivity index is 1.99. The lowest BCUT2D eigenvalue weighted by atomic mass is 9.91. The Morgan fingerprint density at radius 2 is 1.63 bits per heavy atom. The summed E-state index contributed by atoms with van der Waals surface area (Å²) in [6, 6.07) is 9.38. The number of rotatable bonds is 8. The molecule has 3 rings (SSSR count). The van der Waals surface area contributed by atoms with Gasteiger partial charge >= 0.3 is 6.03 Å². The first-order valence-electron chi connectivity index (χ1n) is 9.36. The van der Waals surface area contributed by atoms with Crippen LogP contribution in [0.3, 0.4) is 0 Å². The van der Waals surface area contributed by atoms with Gasteiger partial charge in [0.05, 0.1) is 34.0 Å². The van der Waals surface area contributed by atoms with Gasteiger partial charge in [0.15, 0.2) is 17.3 Å². The molecular weight excluding hydrogens is 388 g/mol. The molecule has 8 heteroatoms. The van der Waals surface area contributed by atoms with Gasteiger partial charge in [-0.05, 0) is 36.8 Å². The average molecular weight is 412 g/mol. The number of Topliss-reactive ketones (excluding diaryl/α,β-unsaturated/α-hetero) is 1. The normalized spacial score (nSPS) is 15.4. The van der Waals surface area contributed by atoms with E-state index in [1.54, 1.807) is 24.3 Å². The minimum Gasteiger partial charge on any atom is -0.494 e. The quantitative estimate of drug-likeness (QED) is 0.647. The SMILES string of the molecule is CCOc1ccc(C2NC(=O)NC=C2C(=O)c2cc(OC)c(OC)c(OC)c2)cc1. The van der Waals surface area contributed by atoms with Gasteiger partial charge in [-0.15, -0.1) is 0 Å². The molecule has 8 nitrogen and oxygen atoms in total. The molecular formula is C22H24N2O6. The van der Waals surface area contributed by atoms with Crippen LogP contribution in [0, 0.1) is 0 Å². The summed E-state index contributed by atoms with van der Waals surface area (Å²) in [4.78, 5) is 25.3. The maximum atomic E-state index is 13.4. The molecule has 1 unspecified atom stereocenters. The molecule has 0 saturated heterocycles. The van der Waals surface area contributed by atoms with Crippen molar-refractivity contribution in [1.29, 1.82) is 0 Å². The molecule has 1 aliphatic heterocycles. The van der Waals surface area contributed by atoms with Gasteiger partial charge in [-0.1, -0.05) is 12.1 Å². The molecule has 2 N–H and O–H groups in total. The Morgan fingerprint density at radius 3 is 2.17 bits per heavy atom. The van der Waals surface area contributed by atoms with Crippen LogP contribution in [0.25, 0.3) is 0 Å².